The summed E-state index contributed by atoms with van der Waals surface area (Å²) in [6.45, 7) is 2.94. The van der Waals surface area contributed by atoms with Gasteiger partial charge in [0.15, 0.2) is 0 Å². The highest BCUT2D eigenvalue weighted by atomic mass is 32.1. The predicted molar refractivity (Wildman–Crippen MR) is 107 cm³/mol. The van der Waals surface area contributed by atoms with Crippen molar-refractivity contribution < 1.29 is 9.32 Å². The molecule has 28 heavy (non-hydrogen) atoms. The minimum atomic E-state index is -0.176. The Kier molecular flexibility index (Phi) is 4.70. The van der Waals surface area contributed by atoms with Gasteiger partial charge < -0.3 is 9.42 Å². The number of nitrogens with zero attached hydrogens (tertiary/aromatic N) is 4. The van der Waals surface area contributed by atoms with Gasteiger partial charge in [-0.2, -0.15) is 16.3 Å². The summed E-state index contributed by atoms with van der Waals surface area (Å²) >= 11 is 1.61. The summed E-state index contributed by atoms with van der Waals surface area (Å²) in [5.41, 5.74) is 3.50. The molecule has 4 heterocycles. The molecule has 2 aliphatic rings. The van der Waals surface area contributed by atoms with Crippen molar-refractivity contribution >= 4 is 17.2 Å². The largest absolute Gasteiger partial charge is 0.341 e. The van der Waals surface area contributed by atoms with Crippen LogP contribution in [0.25, 0.3) is 11.4 Å². The van der Waals surface area contributed by atoms with Crippen LogP contribution in [0, 0.1) is 0 Å². The molecule has 5 rings (SSSR count). The molecule has 3 aromatic rings. The van der Waals surface area contributed by atoms with E-state index in [0.717, 1.165) is 44.5 Å². The lowest BCUT2D eigenvalue weighted by molar-refractivity contribution is -0.137. The number of likely N-dealkylation sites (tertiary alicyclic amines) is 1. The lowest BCUT2D eigenvalue weighted by Crippen LogP contribution is -2.50. The van der Waals surface area contributed by atoms with Crippen LogP contribution < -0.4 is 0 Å². The summed E-state index contributed by atoms with van der Waals surface area (Å²) in [7, 11) is 0. The summed E-state index contributed by atoms with van der Waals surface area (Å²) in [4.78, 5) is 22.0. The van der Waals surface area contributed by atoms with Crippen LogP contribution in [0.15, 0.2) is 45.6 Å². The Morgan fingerprint density at radius 1 is 1.18 bits per heavy atom. The second kappa shape index (κ2) is 7.48. The van der Waals surface area contributed by atoms with Crippen LogP contribution in [0.4, 0.5) is 0 Å². The molecule has 144 valence electrons. The minimum absolute atomic E-state index is 0.176. The van der Waals surface area contributed by atoms with Gasteiger partial charge in [0.05, 0.1) is 12.6 Å². The van der Waals surface area contributed by atoms with E-state index in [4.69, 9.17) is 4.52 Å². The number of fused-ring (bicyclic) bond motifs is 1. The molecule has 0 aliphatic carbocycles. The predicted octanol–water partition coefficient (Wildman–Crippen LogP) is 3.35. The quantitative estimate of drug-likeness (QED) is 0.679. The van der Waals surface area contributed by atoms with Crippen molar-refractivity contribution in [3.63, 3.8) is 0 Å². The van der Waals surface area contributed by atoms with E-state index >= 15 is 0 Å². The van der Waals surface area contributed by atoms with Crippen molar-refractivity contribution in [2.24, 2.45) is 0 Å². The maximum absolute atomic E-state index is 13.2. The van der Waals surface area contributed by atoms with Gasteiger partial charge in [0.25, 0.3) is 0 Å². The van der Waals surface area contributed by atoms with Gasteiger partial charge in [-0.3, -0.25) is 9.69 Å². The molecule has 0 spiro atoms. The van der Waals surface area contributed by atoms with Crippen LogP contribution in [0.1, 0.15) is 29.9 Å². The molecule has 0 saturated carbocycles. The molecule has 0 unspecified atom stereocenters. The van der Waals surface area contributed by atoms with E-state index in [1.165, 1.54) is 11.1 Å². The fourth-order valence-corrected chi connectivity index (χ4v) is 4.77. The highest BCUT2D eigenvalue weighted by Crippen LogP contribution is 2.27. The molecule has 1 atom stereocenters. The van der Waals surface area contributed by atoms with E-state index in [-0.39, 0.29) is 11.9 Å². The van der Waals surface area contributed by atoms with E-state index in [1.807, 2.05) is 21.7 Å². The van der Waals surface area contributed by atoms with E-state index in [9.17, 15) is 4.79 Å². The van der Waals surface area contributed by atoms with Crippen LogP contribution in [-0.2, 0) is 24.3 Å². The Morgan fingerprint density at radius 2 is 2.00 bits per heavy atom. The van der Waals surface area contributed by atoms with Crippen LogP contribution in [0.5, 0.6) is 0 Å². The molecule has 2 aliphatic heterocycles. The van der Waals surface area contributed by atoms with Crippen molar-refractivity contribution in [3.05, 3.63) is 58.1 Å². The van der Waals surface area contributed by atoms with E-state index in [0.29, 0.717) is 18.3 Å². The highest BCUT2D eigenvalue weighted by Gasteiger charge is 2.35. The van der Waals surface area contributed by atoms with Crippen molar-refractivity contribution in [3.8, 4) is 11.4 Å². The Morgan fingerprint density at radius 3 is 2.79 bits per heavy atom. The van der Waals surface area contributed by atoms with Gasteiger partial charge in [-0.15, -0.1) is 0 Å². The number of hydrogen-bond acceptors (Lipinski definition) is 6. The first-order chi connectivity index (χ1) is 13.8. The van der Waals surface area contributed by atoms with Crippen LogP contribution in [-0.4, -0.2) is 45.0 Å². The Balaban J connectivity index is 1.40. The van der Waals surface area contributed by atoms with Gasteiger partial charge in [-0.05, 0) is 41.8 Å². The van der Waals surface area contributed by atoms with Gasteiger partial charge in [0, 0.05) is 30.6 Å². The van der Waals surface area contributed by atoms with E-state index in [2.05, 4.69) is 39.3 Å². The highest BCUT2D eigenvalue weighted by molar-refractivity contribution is 7.08. The maximum Gasteiger partial charge on any atom is 0.241 e. The lowest BCUT2D eigenvalue weighted by Gasteiger charge is -2.37. The summed E-state index contributed by atoms with van der Waals surface area (Å²) in [5.74, 6) is 1.39. The van der Waals surface area contributed by atoms with Gasteiger partial charge >= 0.3 is 0 Å². The standard InChI is InChI=1S/C21H22N4O2S/c26-21(24-8-3-4-9-24)18-11-15-5-1-2-6-16(15)12-25(18)13-19-22-20(23-27-19)17-7-10-28-14-17/h1-2,5-7,10,14,18H,3-4,8-9,11-13H2/t18-/m0/s1. The molecule has 1 amide bonds. The van der Waals surface area contributed by atoms with Gasteiger partial charge in [-0.1, -0.05) is 29.4 Å². The van der Waals surface area contributed by atoms with Gasteiger partial charge in [-0.25, -0.2) is 0 Å². The zero-order chi connectivity index (χ0) is 18.9. The Bertz CT molecular complexity index is 962. The van der Waals surface area contributed by atoms with Crippen molar-refractivity contribution in [2.45, 2.75) is 38.4 Å². The molecule has 1 aromatic carbocycles. The molecule has 1 fully saturated rings. The fourth-order valence-electron chi connectivity index (χ4n) is 4.14. The molecular weight excluding hydrogens is 372 g/mol. The Hall–Kier alpha value is -2.51. The minimum Gasteiger partial charge on any atom is -0.341 e. The van der Waals surface area contributed by atoms with Crippen LogP contribution in [0.2, 0.25) is 0 Å². The van der Waals surface area contributed by atoms with Crippen LogP contribution >= 0.6 is 11.3 Å². The van der Waals surface area contributed by atoms with E-state index in [1.54, 1.807) is 11.3 Å². The van der Waals surface area contributed by atoms with Crippen molar-refractivity contribution in [1.82, 2.24) is 19.9 Å². The fraction of sp³-hybridized carbons (Fsp3) is 0.381. The summed E-state index contributed by atoms with van der Waals surface area (Å²) in [5, 5.41) is 8.12. The number of amides is 1. The molecule has 7 heteroatoms. The zero-order valence-electron chi connectivity index (χ0n) is 15.6. The number of aromatic nitrogens is 2. The molecule has 1 saturated heterocycles. The second-order valence-electron chi connectivity index (χ2n) is 7.45. The van der Waals surface area contributed by atoms with Crippen LogP contribution in [0.3, 0.4) is 0 Å². The zero-order valence-corrected chi connectivity index (χ0v) is 16.4. The number of thiophene rings is 1. The average Bonchev–Trinajstić information content (AvgIpc) is 3.49. The topological polar surface area (TPSA) is 62.5 Å². The first kappa shape index (κ1) is 17.6. The number of benzene rings is 1. The normalized spacial score (nSPS) is 19.7. The molecule has 0 N–H and O–H groups in total. The average molecular weight is 395 g/mol. The molecule has 2 aromatic heterocycles. The molecule has 0 bridgehead atoms. The second-order valence-corrected chi connectivity index (χ2v) is 8.23. The number of hydrogen-bond donors (Lipinski definition) is 0. The Labute approximate surface area is 167 Å². The lowest BCUT2D eigenvalue weighted by atomic mass is 9.93. The van der Waals surface area contributed by atoms with Crippen molar-refractivity contribution in [1.29, 1.82) is 0 Å². The van der Waals surface area contributed by atoms with Gasteiger partial charge in [0.2, 0.25) is 17.6 Å². The molecule has 6 nitrogen and oxygen atoms in total. The maximum atomic E-state index is 13.2. The third-order valence-corrected chi connectivity index (χ3v) is 6.32. The summed E-state index contributed by atoms with van der Waals surface area (Å²) in [6.07, 6.45) is 2.93. The third kappa shape index (κ3) is 3.36. The third-order valence-electron chi connectivity index (χ3n) is 5.63. The molecule has 0 radical (unpaired) electrons. The van der Waals surface area contributed by atoms with Crippen molar-refractivity contribution in [2.75, 3.05) is 13.1 Å². The number of rotatable bonds is 4. The first-order valence-corrected chi connectivity index (χ1v) is 10.7. The first-order valence-electron chi connectivity index (χ1n) is 9.73. The van der Waals surface area contributed by atoms with Gasteiger partial charge in [0.1, 0.15) is 0 Å². The van der Waals surface area contributed by atoms with E-state index < -0.39 is 0 Å². The monoisotopic (exact) mass is 394 g/mol. The number of carbonyl (C=O) groups excluding carboxylic acids is 1. The SMILES string of the molecule is O=C([C@@H]1Cc2ccccc2CN1Cc1nc(-c2ccsc2)no1)N1CCCC1. The molecular formula is C21H22N4O2S. The summed E-state index contributed by atoms with van der Waals surface area (Å²) < 4.78 is 5.51. The summed E-state index contributed by atoms with van der Waals surface area (Å²) in [6, 6.07) is 10.2. The smallest absolute Gasteiger partial charge is 0.241 e. The number of carbonyl (C=O) groups is 1.